The molecule has 0 atom stereocenters. The van der Waals surface area contributed by atoms with Gasteiger partial charge in [0.15, 0.2) is 0 Å². The van der Waals surface area contributed by atoms with E-state index in [4.69, 9.17) is 0 Å². The first-order valence-corrected chi connectivity index (χ1v) is 5.59. The normalized spacial score (nSPS) is 11.5. The molecule has 2 heteroatoms. The molecule has 0 amide bonds. The van der Waals surface area contributed by atoms with E-state index in [-0.39, 0.29) is 0 Å². The van der Waals surface area contributed by atoms with Gasteiger partial charge in [-0.3, -0.25) is 0 Å². The average Bonchev–Trinajstić information content (AvgIpc) is 2.68. The molecule has 0 fully saturated rings. The fourth-order valence-electron chi connectivity index (χ4n) is 2.31. The Morgan fingerprint density at radius 1 is 1.00 bits per heavy atom. The van der Waals surface area contributed by atoms with E-state index in [2.05, 4.69) is 52.7 Å². The van der Waals surface area contributed by atoms with Crippen LogP contribution in [-0.4, -0.2) is 5.16 Å². The van der Waals surface area contributed by atoms with E-state index in [1.54, 1.807) is 0 Å². The molecule has 16 heavy (non-hydrogen) atoms. The quantitative estimate of drug-likeness (QED) is 0.449. The second-order valence-corrected chi connectivity index (χ2v) is 4.03. The summed E-state index contributed by atoms with van der Waals surface area (Å²) in [6.45, 7) is 0. The van der Waals surface area contributed by atoms with E-state index in [1.807, 2.05) is 12.1 Å². The van der Waals surface area contributed by atoms with Crippen molar-refractivity contribution in [1.82, 2.24) is 0 Å². The number of isothiocyanates is 1. The number of benzene rings is 2. The zero-order valence-electron chi connectivity index (χ0n) is 8.60. The van der Waals surface area contributed by atoms with Crippen molar-refractivity contribution in [2.75, 3.05) is 0 Å². The van der Waals surface area contributed by atoms with Gasteiger partial charge in [-0.25, -0.2) is 0 Å². The lowest BCUT2D eigenvalue weighted by Crippen LogP contribution is -1.78. The highest BCUT2D eigenvalue weighted by atomic mass is 32.1. The Hall–Kier alpha value is -1.76. The predicted octanol–water partition coefficient (Wildman–Crippen LogP) is 3.99. The van der Waals surface area contributed by atoms with Gasteiger partial charge in [0.05, 0.1) is 10.8 Å². The molecule has 76 valence electrons. The number of hydrogen-bond donors (Lipinski definition) is 0. The molecule has 0 N–H and O–H groups in total. The maximum absolute atomic E-state index is 4.69. The third kappa shape index (κ3) is 1.32. The first-order valence-electron chi connectivity index (χ1n) is 5.18. The number of hydrogen-bond acceptors (Lipinski definition) is 2. The number of rotatable bonds is 1. The standard InChI is InChI=1S/C14H9NS/c16-9-15-13-7-3-5-11-8-10-4-1-2-6-12(10)14(11)13/h1-7H,8H2. The van der Waals surface area contributed by atoms with Gasteiger partial charge in [-0.15, -0.1) is 0 Å². The lowest BCUT2D eigenvalue weighted by molar-refractivity contribution is 1.26. The third-order valence-corrected chi connectivity index (χ3v) is 3.05. The number of fused-ring (bicyclic) bond motifs is 3. The van der Waals surface area contributed by atoms with Crippen LogP contribution >= 0.6 is 12.2 Å². The van der Waals surface area contributed by atoms with Crippen LogP contribution in [0.15, 0.2) is 47.5 Å². The molecule has 0 aromatic heterocycles. The maximum Gasteiger partial charge on any atom is 0.0820 e. The van der Waals surface area contributed by atoms with Crippen molar-refractivity contribution in [3.63, 3.8) is 0 Å². The van der Waals surface area contributed by atoms with Crippen molar-refractivity contribution >= 4 is 23.1 Å². The number of aliphatic imine (C=N–C) groups is 1. The van der Waals surface area contributed by atoms with Gasteiger partial charge >= 0.3 is 0 Å². The summed E-state index contributed by atoms with van der Waals surface area (Å²) in [5, 5.41) is 2.45. The number of nitrogens with zero attached hydrogens (tertiary/aromatic N) is 1. The van der Waals surface area contributed by atoms with E-state index < -0.39 is 0 Å². The molecular formula is C14H9NS. The Bertz CT molecular complexity index is 610. The fraction of sp³-hybridized carbons (Fsp3) is 0.0714. The molecule has 2 aromatic carbocycles. The van der Waals surface area contributed by atoms with Gasteiger partial charge < -0.3 is 0 Å². The minimum Gasteiger partial charge on any atom is -0.194 e. The van der Waals surface area contributed by atoms with Crippen LogP contribution in [0.2, 0.25) is 0 Å². The molecule has 0 heterocycles. The fourth-order valence-corrected chi connectivity index (χ4v) is 2.41. The van der Waals surface area contributed by atoms with Crippen molar-refractivity contribution in [1.29, 1.82) is 0 Å². The second-order valence-electron chi connectivity index (χ2n) is 3.85. The van der Waals surface area contributed by atoms with Crippen molar-refractivity contribution < 1.29 is 0 Å². The first-order chi connectivity index (χ1) is 7.90. The molecule has 1 aliphatic rings. The van der Waals surface area contributed by atoms with Gasteiger partial charge in [0, 0.05) is 5.56 Å². The maximum atomic E-state index is 4.69. The van der Waals surface area contributed by atoms with Gasteiger partial charge in [0.2, 0.25) is 0 Å². The smallest absolute Gasteiger partial charge is 0.0820 e. The molecule has 3 rings (SSSR count). The summed E-state index contributed by atoms with van der Waals surface area (Å²) in [5.74, 6) is 0. The van der Waals surface area contributed by atoms with E-state index in [1.165, 1.54) is 22.3 Å². The summed E-state index contributed by atoms with van der Waals surface area (Å²) >= 11 is 4.69. The van der Waals surface area contributed by atoms with Crippen LogP contribution in [0.25, 0.3) is 11.1 Å². The van der Waals surface area contributed by atoms with Crippen LogP contribution in [0.5, 0.6) is 0 Å². The van der Waals surface area contributed by atoms with Gasteiger partial charge in [-0.2, -0.15) is 4.99 Å². The minimum absolute atomic E-state index is 0.928. The van der Waals surface area contributed by atoms with Crippen LogP contribution in [0.3, 0.4) is 0 Å². The van der Waals surface area contributed by atoms with Crippen molar-refractivity contribution in [3.05, 3.63) is 53.6 Å². The van der Waals surface area contributed by atoms with E-state index in [0.717, 1.165) is 12.1 Å². The minimum atomic E-state index is 0.928. The Kier molecular flexibility index (Phi) is 2.17. The lowest BCUT2D eigenvalue weighted by Gasteiger charge is -2.03. The Morgan fingerprint density at radius 3 is 2.69 bits per heavy atom. The molecule has 0 radical (unpaired) electrons. The van der Waals surface area contributed by atoms with Gasteiger partial charge in [-0.05, 0) is 41.4 Å². The summed E-state index contributed by atoms with van der Waals surface area (Å²) < 4.78 is 0. The molecule has 0 aliphatic heterocycles. The van der Waals surface area contributed by atoms with Crippen molar-refractivity contribution in [3.8, 4) is 11.1 Å². The molecule has 1 nitrogen and oxygen atoms in total. The summed E-state index contributed by atoms with van der Waals surface area (Å²) in [6.07, 6.45) is 0.992. The second kappa shape index (κ2) is 3.67. The van der Waals surface area contributed by atoms with Gasteiger partial charge in [-0.1, -0.05) is 36.4 Å². The topological polar surface area (TPSA) is 12.4 Å². The zero-order valence-corrected chi connectivity index (χ0v) is 9.42. The Labute approximate surface area is 99.5 Å². The van der Waals surface area contributed by atoms with Crippen LogP contribution < -0.4 is 0 Å². The molecular weight excluding hydrogens is 214 g/mol. The summed E-state index contributed by atoms with van der Waals surface area (Å²) in [5.41, 5.74) is 6.12. The predicted molar refractivity (Wildman–Crippen MR) is 69.4 cm³/mol. The molecule has 0 unspecified atom stereocenters. The van der Waals surface area contributed by atoms with Gasteiger partial charge in [0.1, 0.15) is 0 Å². The van der Waals surface area contributed by atoms with E-state index >= 15 is 0 Å². The Balaban J connectivity index is 2.33. The van der Waals surface area contributed by atoms with Crippen LogP contribution in [-0.2, 0) is 6.42 Å². The lowest BCUT2D eigenvalue weighted by atomic mass is 10.0. The Morgan fingerprint density at radius 2 is 1.81 bits per heavy atom. The highest BCUT2D eigenvalue weighted by Crippen LogP contribution is 2.42. The first kappa shape index (κ1) is 9.46. The van der Waals surface area contributed by atoms with E-state index in [0.29, 0.717) is 0 Å². The van der Waals surface area contributed by atoms with Gasteiger partial charge in [0.25, 0.3) is 0 Å². The summed E-state index contributed by atoms with van der Waals surface area (Å²) in [7, 11) is 0. The van der Waals surface area contributed by atoms with Crippen molar-refractivity contribution in [2.24, 2.45) is 4.99 Å². The monoisotopic (exact) mass is 223 g/mol. The van der Waals surface area contributed by atoms with E-state index in [9.17, 15) is 0 Å². The summed E-state index contributed by atoms with van der Waals surface area (Å²) in [6, 6.07) is 14.6. The molecule has 0 bridgehead atoms. The van der Waals surface area contributed by atoms with Crippen molar-refractivity contribution in [2.45, 2.75) is 6.42 Å². The largest absolute Gasteiger partial charge is 0.194 e. The van der Waals surface area contributed by atoms with Crippen LogP contribution in [0, 0.1) is 0 Å². The average molecular weight is 223 g/mol. The molecule has 0 saturated carbocycles. The molecule has 0 spiro atoms. The summed E-state index contributed by atoms with van der Waals surface area (Å²) in [4.78, 5) is 4.14. The SMILES string of the molecule is S=C=Nc1cccc2c1-c1ccccc1C2. The molecule has 0 saturated heterocycles. The number of thiocarbonyl (C=S) groups is 1. The highest BCUT2D eigenvalue weighted by Gasteiger charge is 2.20. The molecule has 1 aliphatic carbocycles. The zero-order chi connectivity index (χ0) is 11.0. The molecule has 2 aromatic rings. The van der Waals surface area contributed by atoms with Crippen LogP contribution in [0.1, 0.15) is 11.1 Å². The highest BCUT2D eigenvalue weighted by molar-refractivity contribution is 7.78. The van der Waals surface area contributed by atoms with Crippen LogP contribution in [0.4, 0.5) is 5.69 Å². The third-order valence-electron chi connectivity index (χ3n) is 2.96.